The first-order chi connectivity index (χ1) is 11.6. The molecule has 1 aliphatic rings. The number of methoxy groups -OCH3 is 1. The Morgan fingerprint density at radius 2 is 2.33 bits per heavy atom. The zero-order valence-corrected chi connectivity index (χ0v) is 13.3. The van der Waals surface area contributed by atoms with Crippen molar-refractivity contribution in [3.05, 3.63) is 30.5 Å². The zero-order valence-electron chi connectivity index (χ0n) is 13.3. The van der Waals surface area contributed by atoms with Crippen molar-refractivity contribution >= 4 is 22.5 Å². The van der Waals surface area contributed by atoms with E-state index in [0.29, 0.717) is 24.5 Å². The lowest BCUT2D eigenvalue weighted by molar-refractivity contribution is 0.0578. The van der Waals surface area contributed by atoms with Crippen molar-refractivity contribution in [3.63, 3.8) is 0 Å². The molecular formula is C17H18N4O3. The number of rotatable bonds is 3. The van der Waals surface area contributed by atoms with Crippen molar-refractivity contribution in [3.8, 4) is 11.9 Å². The summed E-state index contributed by atoms with van der Waals surface area (Å²) in [6, 6.07) is 8.97. The second-order valence-corrected chi connectivity index (χ2v) is 5.88. The number of nitriles is 1. The molecule has 0 spiro atoms. The molecule has 1 aromatic carbocycles. The molecule has 0 saturated carbocycles. The second-order valence-electron chi connectivity index (χ2n) is 5.88. The molecule has 7 nitrogen and oxygen atoms in total. The van der Waals surface area contributed by atoms with E-state index < -0.39 is 5.60 Å². The summed E-state index contributed by atoms with van der Waals surface area (Å²) in [4.78, 5) is 18.2. The third-order valence-corrected chi connectivity index (χ3v) is 4.23. The number of pyridine rings is 1. The molecule has 2 aromatic rings. The Morgan fingerprint density at radius 1 is 1.50 bits per heavy atom. The molecule has 1 unspecified atom stereocenters. The van der Waals surface area contributed by atoms with E-state index in [0.717, 1.165) is 10.8 Å². The number of ether oxygens (including phenoxy) is 1. The maximum atomic E-state index is 12.5. The number of aromatic nitrogens is 1. The van der Waals surface area contributed by atoms with E-state index in [1.54, 1.807) is 19.4 Å². The van der Waals surface area contributed by atoms with Gasteiger partial charge in [-0.2, -0.15) is 5.26 Å². The Morgan fingerprint density at radius 3 is 3.08 bits per heavy atom. The highest BCUT2D eigenvalue weighted by molar-refractivity contribution is 6.03. The summed E-state index contributed by atoms with van der Waals surface area (Å²) in [5.74, 6) is 0.494. The number of benzene rings is 1. The van der Waals surface area contributed by atoms with Gasteiger partial charge in [-0.1, -0.05) is 6.07 Å². The molecule has 2 N–H and O–H groups in total. The highest BCUT2D eigenvalue weighted by Crippen LogP contribution is 2.30. The molecule has 1 fully saturated rings. The summed E-state index contributed by atoms with van der Waals surface area (Å²) >= 11 is 0. The molecule has 24 heavy (non-hydrogen) atoms. The number of likely N-dealkylation sites (tertiary alicyclic amines) is 1. The van der Waals surface area contributed by atoms with Gasteiger partial charge >= 0.3 is 6.03 Å². The van der Waals surface area contributed by atoms with E-state index in [2.05, 4.69) is 10.3 Å². The third-order valence-electron chi connectivity index (χ3n) is 4.23. The Kier molecular flexibility index (Phi) is 4.23. The van der Waals surface area contributed by atoms with Gasteiger partial charge in [0.1, 0.15) is 0 Å². The summed E-state index contributed by atoms with van der Waals surface area (Å²) in [7, 11) is 1.55. The molecule has 0 aliphatic carbocycles. The van der Waals surface area contributed by atoms with Crippen LogP contribution in [0.15, 0.2) is 30.5 Å². The van der Waals surface area contributed by atoms with Gasteiger partial charge in [0.2, 0.25) is 5.88 Å². The lowest BCUT2D eigenvalue weighted by atomic mass is 10.0. The van der Waals surface area contributed by atoms with E-state index in [1.807, 2.05) is 24.3 Å². The summed E-state index contributed by atoms with van der Waals surface area (Å²) in [6.45, 7) is 0.571. The van der Waals surface area contributed by atoms with Crippen LogP contribution in [0.3, 0.4) is 0 Å². The number of hydrogen-bond donors (Lipinski definition) is 2. The first kappa shape index (κ1) is 16.0. The lowest BCUT2D eigenvalue weighted by Crippen LogP contribution is -2.38. The summed E-state index contributed by atoms with van der Waals surface area (Å²) < 4.78 is 5.24. The van der Waals surface area contributed by atoms with Gasteiger partial charge in [-0.05, 0) is 24.6 Å². The van der Waals surface area contributed by atoms with Crippen LogP contribution in [-0.4, -0.2) is 46.8 Å². The first-order valence-electron chi connectivity index (χ1n) is 7.63. The van der Waals surface area contributed by atoms with Crippen molar-refractivity contribution in [2.75, 3.05) is 25.5 Å². The standard InChI is InChI=1S/C17H18N4O3/c1-24-15-13-3-2-4-14(12(13)5-9-19-15)20-16(22)21-10-7-17(23,11-21)6-8-18/h2-5,9,23H,6-7,10-11H2,1H3,(H,20,22). The van der Waals surface area contributed by atoms with E-state index >= 15 is 0 Å². The van der Waals surface area contributed by atoms with Gasteiger partial charge in [0.15, 0.2) is 0 Å². The van der Waals surface area contributed by atoms with Gasteiger partial charge < -0.3 is 20.1 Å². The highest BCUT2D eigenvalue weighted by Gasteiger charge is 2.38. The molecule has 2 heterocycles. The van der Waals surface area contributed by atoms with Gasteiger partial charge in [0, 0.05) is 23.5 Å². The minimum Gasteiger partial charge on any atom is -0.481 e. The van der Waals surface area contributed by atoms with Crippen molar-refractivity contribution < 1.29 is 14.6 Å². The van der Waals surface area contributed by atoms with Gasteiger partial charge in [-0.25, -0.2) is 9.78 Å². The number of anilines is 1. The number of nitrogens with one attached hydrogen (secondary N) is 1. The van der Waals surface area contributed by atoms with Crippen molar-refractivity contribution in [1.29, 1.82) is 5.26 Å². The highest BCUT2D eigenvalue weighted by atomic mass is 16.5. The van der Waals surface area contributed by atoms with Crippen LogP contribution >= 0.6 is 0 Å². The second kappa shape index (κ2) is 6.34. The number of nitrogens with zero attached hydrogens (tertiary/aromatic N) is 3. The van der Waals surface area contributed by atoms with Gasteiger partial charge in [-0.3, -0.25) is 0 Å². The Bertz CT molecular complexity index is 817. The topological polar surface area (TPSA) is 98.5 Å². The number of aliphatic hydroxyl groups is 1. The van der Waals surface area contributed by atoms with Gasteiger partial charge in [0.05, 0.1) is 37.4 Å². The number of amides is 2. The largest absolute Gasteiger partial charge is 0.481 e. The predicted octanol–water partition coefficient (Wildman–Crippen LogP) is 2.13. The van der Waals surface area contributed by atoms with E-state index in [4.69, 9.17) is 10.00 Å². The quantitative estimate of drug-likeness (QED) is 0.900. The van der Waals surface area contributed by atoms with Gasteiger partial charge in [0.25, 0.3) is 0 Å². The van der Waals surface area contributed by atoms with Crippen LogP contribution in [0, 0.1) is 11.3 Å². The minimum absolute atomic E-state index is 0.0217. The third kappa shape index (κ3) is 2.96. The molecular weight excluding hydrogens is 308 g/mol. The lowest BCUT2D eigenvalue weighted by Gasteiger charge is -2.21. The van der Waals surface area contributed by atoms with Crippen LogP contribution in [-0.2, 0) is 0 Å². The molecule has 3 rings (SSSR count). The molecule has 1 aromatic heterocycles. The monoisotopic (exact) mass is 326 g/mol. The van der Waals surface area contributed by atoms with Crippen LogP contribution in [0.2, 0.25) is 0 Å². The smallest absolute Gasteiger partial charge is 0.321 e. The summed E-state index contributed by atoms with van der Waals surface area (Å²) in [6.07, 6.45) is 2.05. The van der Waals surface area contributed by atoms with Crippen molar-refractivity contribution in [1.82, 2.24) is 9.88 Å². The number of carbonyl (C=O) groups is 1. The molecule has 0 bridgehead atoms. The number of fused-ring (bicyclic) bond motifs is 1. The predicted molar refractivity (Wildman–Crippen MR) is 88.7 cm³/mol. The fourth-order valence-electron chi connectivity index (χ4n) is 2.97. The van der Waals surface area contributed by atoms with E-state index in [-0.39, 0.29) is 19.0 Å². The first-order valence-corrected chi connectivity index (χ1v) is 7.63. The summed E-state index contributed by atoms with van der Waals surface area (Å²) in [5, 5.41) is 23.5. The number of hydrogen-bond acceptors (Lipinski definition) is 5. The number of urea groups is 1. The van der Waals surface area contributed by atoms with Crippen LogP contribution in [0.25, 0.3) is 10.8 Å². The van der Waals surface area contributed by atoms with E-state index in [1.165, 1.54) is 4.90 Å². The Hall–Kier alpha value is -2.85. The SMILES string of the molecule is COc1nccc2c(NC(=O)N3CCC(O)(CC#N)C3)cccc12. The average Bonchev–Trinajstić information content (AvgIpc) is 2.97. The van der Waals surface area contributed by atoms with Crippen LogP contribution in [0.5, 0.6) is 5.88 Å². The van der Waals surface area contributed by atoms with Crippen LogP contribution in [0.4, 0.5) is 10.5 Å². The van der Waals surface area contributed by atoms with E-state index in [9.17, 15) is 9.90 Å². The Balaban J connectivity index is 1.81. The fraction of sp³-hybridized carbons (Fsp3) is 0.353. The minimum atomic E-state index is -1.11. The van der Waals surface area contributed by atoms with Crippen LogP contribution < -0.4 is 10.1 Å². The van der Waals surface area contributed by atoms with Gasteiger partial charge in [-0.15, -0.1) is 0 Å². The van der Waals surface area contributed by atoms with Crippen molar-refractivity contribution in [2.45, 2.75) is 18.4 Å². The molecule has 1 atom stereocenters. The average molecular weight is 326 g/mol. The molecule has 124 valence electrons. The summed E-state index contributed by atoms with van der Waals surface area (Å²) in [5.41, 5.74) is -0.466. The maximum absolute atomic E-state index is 12.5. The molecule has 1 aliphatic heterocycles. The number of carbonyl (C=O) groups excluding carboxylic acids is 1. The molecule has 7 heteroatoms. The normalized spacial score (nSPS) is 20.0. The fourth-order valence-corrected chi connectivity index (χ4v) is 2.97. The van der Waals surface area contributed by atoms with Crippen LogP contribution in [0.1, 0.15) is 12.8 Å². The Labute approximate surface area is 139 Å². The number of β-amino-alcohol motifs (C(OH)–C–C–N with tert-alkyl or cyclic N) is 1. The molecule has 2 amide bonds. The zero-order chi connectivity index (χ0) is 17.2. The maximum Gasteiger partial charge on any atom is 0.321 e. The molecule has 0 radical (unpaired) electrons. The molecule has 1 saturated heterocycles. The van der Waals surface area contributed by atoms with Crippen molar-refractivity contribution in [2.24, 2.45) is 0 Å².